The topological polar surface area (TPSA) is 23.5 Å². The highest BCUT2D eigenvalue weighted by atomic mass is 79.9. The van der Waals surface area contributed by atoms with Crippen LogP contribution in [0.4, 0.5) is 0 Å². The molecule has 2 rings (SSSR count). The van der Waals surface area contributed by atoms with E-state index in [1.807, 2.05) is 6.07 Å². The molecule has 1 N–H and O–H groups in total. The van der Waals surface area contributed by atoms with Crippen molar-refractivity contribution in [3.05, 3.63) is 34.3 Å². The zero-order valence-electron chi connectivity index (χ0n) is 10.3. The second-order valence-electron chi connectivity index (χ2n) is 4.85. The average molecular weight is 298 g/mol. The summed E-state index contributed by atoms with van der Waals surface area (Å²) < 4.78 is 1.18. The van der Waals surface area contributed by atoms with E-state index in [9.17, 15) is 5.11 Å². The normalized spacial score (nSPS) is 26.1. The van der Waals surface area contributed by atoms with Crippen molar-refractivity contribution in [2.75, 3.05) is 13.1 Å². The SMILES string of the molecule is CCC1CN(Cc2ccccc2Br)CCC1O. The molecule has 94 valence electrons. The van der Waals surface area contributed by atoms with Gasteiger partial charge >= 0.3 is 0 Å². The molecule has 17 heavy (non-hydrogen) atoms. The summed E-state index contributed by atoms with van der Waals surface area (Å²) in [6.07, 6.45) is 1.87. The summed E-state index contributed by atoms with van der Waals surface area (Å²) >= 11 is 3.59. The maximum atomic E-state index is 9.87. The molecule has 1 fully saturated rings. The van der Waals surface area contributed by atoms with E-state index >= 15 is 0 Å². The average Bonchev–Trinajstić information content (AvgIpc) is 2.34. The van der Waals surface area contributed by atoms with E-state index in [4.69, 9.17) is 0 Å². The maximum Gasteiger partial charge on any atom is 0.0592 e. The van der Waals surface area contributed by atoms with E-state index < -0.39 is 0 Å². The maximum absolute atomic E-state index is 9.87. The molecule has 0 bridgehead atoms. The Labute approximate surface area is 112 Å². The molecule has 1 saturated heterocycles. The predicted molar refractivity (Wildman–Crippen MR) is 73.8 cm³/mol. The van der Waals surface area contributed by atoms with Crippen molar-refractivity contribution < 1.29 is 5.11 Å². The van der Waals surface area contributed by atoms with E-state index in [1.54, 1.807) is 0 Å². The van der Waals surface area contributed by atoms with Crippen molar-refractivity contribution in [3.63, 3.8) is 0 Å². The highest BCUT2D eigenvalue weighted by Gasteiger charge is 2.26. The zero-order chi connectivity index (χ0) is 12.3. The number of benzene rings is 1. The van der Waals surface area contributed by atoms with Crippen LogP contribution in [0.2, 0.25) is 0 Å². The molecule has 1 heterocycles. The first kappa shape index (κ1) is 13.1. The summed E-state index contributed by atoms with van der Waals surface area (Å²) in [6.45, 7) is 5.15. The predicted octanol–water partition coefficient (Wildman–Crippen LogP) is 3.04. The van der Waals surface area contributed by atoms with Crippen LogP contribution in [0.1, 0.15) is 25.3 Å². The Kier molecular flexibility index (Phi) is 4.60. The number of likely N-dealkylation sites (tertiary alicyclic amines) is 1. The zero-order valence-corrected chi connectivity index (χ0v) is 11.9. The second-order valence-corrected chi connectivity index (χ2v) is 5.71. The van der Waals surface area contributed by atoms with E-state index in [0.717, 1.165) is 32.5 Å². The first-order valence-electron chi connectivity index (χ1n) is 6.34. The second kappa shape index (κ2) is 5.98. The molecular weight excluding hydrogens is 278 g/mol. The van der Waals surface area contributed by atoms with Crippen LogP contribution in [0.15, 0.2) is 28.7 Å². The Morgan fingerprint density at radius 3 is 2.88 bits per heavy atom. The molecule has 2 nitrogen and oxygen atoms in total. The third-order valence-electron chi connectivity index (χ3n) is 3.65. The smallest absolute Gasteiger partial charge is 0.0592 e. The lowest BCUT2D eigenvalue weighted by Crippen LogP contribution is -2.42. The Morgan fingerprint density at radius 1 is 1.41 bits per heavy atom. The highest BCUT2D eigenvalue weighted by molar-refractivity contribution is 9.10. The summed E-state index contributed by atoms with van der Waals surface area (Å²) in [6, 6.07) is 8.38. The minimum atomic E-state index is -0.101. The lowest BCUT2D eigenvalue weighted by Gasteiger charge is -2.35. The van der Waals surface area contributed by atoms with Gasteiger partial charge in [-0.3, -0.25) is 4.90 Å². The van der Waals surface area contributed by atoms with Crippen molar-refractivity contribution in [1.82, 2.24) is 4.90 Å². The third kappa shape index (κ3) is 3.30. The summed E-state index contributed by atoms with van der Waals surface area (Å²) in [5.41, 5.74) is 1.33. The lowest BCUT2D eigenvalue weighted by atomic mass is 9.92. The van der Waals surface area contributed by atoms with E-state index in [-0.39, 0.29) is 6.10 Å². The number of hydrogen-bond acceptors (Lipinski definition) is 2. The van der Waals surface area contributed by atoms with E-state index in [0.29, 0.717) is 5.92 Å². The van der Waals surface area contributed by atoms with E-state index in [2.05, 4.69) is 46.0 Å². The number of piperidine rings is 1. The Balaban J connectivity index is 1.98. The number of rotatable bonds is 3. The van der Waals surface area contributed by atoms with Crippen LogP contribution >= 0.6 is 15.9 Å². The van der Waals surface area contributed by atoms with Gasteiger partial charge in [0.2, 0.25) is 0 Å². The van der Waals surface area contributed by atoms with Gasteiger partial charge in [0.25, 0.3) is 0 Å². The number of hydrogen-bond donors (Lipinski definition) is 1. The molecule has 1 aliphatic heterocycles. The van der Waals surface area contributed by atoms with Crippen LogP contribution in [0, 0.1) is 5.92 Å². The molecular formula is C14H20BrNO. The summed E-state index contributed by atoms with van der Waals surface area (Å²) in [7, 11) is 0. The molecule has 0 radical (unpaired) electrons. The standard InChI is InChI=1S/C14H20BrNO/c1-2-11-9-16(8-7-14(11)17)10-12-5-3-4-6-13(12)15/h3-6,11,14,17H,2,7-10H2,1H3. The van der Waals surface area contributed by atoms with Gasteiger partial charge in [-0.15, -0.1) is 0 Å². The fourth-order valence-electron chi connectivity index (χ4n) is 2.51. The molecule has 2 atom stereocenters. The number of nitrogens with zero attached hydrogens (tertiary/aromatic N) is 1. The Hall–Kier alpha value is -0.380. The largest absolute Gasteiger partial charge is 0.393 e. The number of aliphatic hydroxyl groups excluding tert-OH is 1. The van der Waals surface area contributed by atoms with Crippen LogP contribution in [0.25, 0.3) is 0 Å². The van der Waals surface area contributed by atoms with Gasteiger partial charge < -0.3 is 5.11 Å². The van der Waals surface area contributed by atoms with Gasteiger partial charge in [-0.05, 0) is 30.4 Å². The van der Waals surface area contributed by atoms with Crippen LogP contribution in [0.3, 0.4) is 0 Å². The molecule has 3 heteroatoms. The molecule has 2 unspecified atom stereocenters. The van der Waals surface area contributed by atoms with Crippen LogP contribution < -0.4 is 0 Å². The first-order chi connectivity index (χ1) is 8.20. The van der Waals surface area contributed by atoms with Crippen molar-refractivity contribution in [2.24, 2.45) is 5.92 Å². The van der Waals surface area contributed by atoms with Crippen molar-refractivity contribution in [3.8, 4) is 0 Å². The van der Waals surface area contributed by atoms with Crippen LogP contribution in [-0.2, 0) is 6.54 Å². The van der Waals surface area contributed by atoms with Crippen molar-refractivity contribution >= 4 is 15.9 Å². The first-order valence-corrected chi connectivity index (χ1v) is 7.13. The van der Waals surface area contributed by atoms with Crippen molar-refractivity contribution in [2.45, 2.75) is 32.4 Å². The van der Waals surface area contributed by atoms with Gasteiger partial charge in [0.1, 0.15) is 0 Å². The van der Waals surface area contributed by atoms with Gasteiger partial charge in [-0.25, -0.2) is 0 Å². The van der Waals surface area contributed by atoms with Gasteiger partial charge in [0, 0.05) is 24.1 Å². The fourth-order valence-corrected chi connectivity index (χ4v) is 2.92. The van der Waals surface area contributed by atoms with Crippen molar-refractivity contribution in [1.29, 1.82) is 0 Å². The molecule has 0 aliphatic carbocycles. The molecule has 0 aromatic heterocycles. The van der Waals surface area contributed by atoms with Crippen LogP contribution in [0.5, 0.6) is 0 Å². The number of halogens is 1. The highest BCUT2D eigenvalue weighted by Crippen LogP contribution is 2.24. The summed E-state index contributed by atoms with van der Waals surface area (Å²) in [4.78, 5) is 2.45. The number of aliphatic hydroxyl groups is 1. The minimum absolute atomic E-state index is 0.101. The molecule has 0 saturated carbocycles. The van der Waals surface area contributed by atoms with Gasteiger partial charge in [-0.1, -0.05) is 41.1 Å². The monoisotopic (exact) mass is 297 g/mol. The third-order valence-corrected chi connectivity index (χ3v) is 4.43. The van der Waals surface area contributed by atoms with Gasteiger partial charge in [0.05, 0.1) is 6.10 Å². The summed E-state index contributed by atoms with van der Waals surface area (Å²) in [5, 5.41) is 9.87. The lowest BCUT2D eigenvalue weighted by molar-refractivity contribution is 0.0221. The molecule has 1 aromatic carbocycles. The Morgan fingerprint density at radius 2 is 2.18 bits per heavy atom. The van der Waals surface area contributed by atoms with Gasteiger partial charge in [-0.2, -0.15) is 0 Å². The van der Waals surface area contributed by atoms with E-state index in [1.165, 1.54) is 10.0 Å². The molecule has 0 amide bonds. The Bertz CT molecular complexity index is 369. The van der Waals surface area contributed by atoms with Gasteiger partial charge in [0.15, 0.2) is 0 Å². The summed E-state index contributed by atoms with van der Waals surface area (Å²) in [5.74, 6) is 0.436. The molecule has 1 aliphatic rings. The van der Waals surface area contributed by atoms with Crippen LogP contribution in [-0.4, -0.2) is 29.2 Å². The fraction of sp³-hybridized carbons (Fsp3) is 0.571. The molecule has 1 aromatic rings. The minimum Gasteiger partial charge on any atom is -0.393 e. The molecule has 0 spiro atoms. The quantitative estimate of drug-likeness (QED) is 0.927.